The van der Waals surface area contributed by atoms with Crippen molar-refractivity contribution < 1.29 is 19.1 Å². The van der Waals surface area contributed by atoms with E-state index < -0.39 is 11.7 Å². The van der Waals surface area contributed by atoms with Gasteiger partial charge in [-0.1, -0.05) is 43.6 Å². The summed E-state index contributed by atoms with van der Waals surface area (Å²) in [5.74, 6) is 0.909. The number of hydrogen-bond acceptors (Lipinski definition) is 4. The third kappa shape index (κ3) is 5.38. The highest BCUT2D eigenvalue weighted by molar-refractivity contribution is 6.31. The zero-order valence-corrected chi connectivity index (χ0v) is 20.4. The molecule has 1 aromatic heterocycles. The van der Waals surface area contributed by atoms with E-state index in [2.05, 4.69) is 19.2 Å². The Bertz CT molecular complexity index is 1010. The lowest BCUT2D eigenvalue weighted by atomic mass is 10.1. The van der Waals surface area contributed by atoms with E-state index in [4.69, 9.17) is 21.1 Å². The maximum absolute atomic E-state index is 13.1. The molecule has 32 heavy (non-hydrogen) atoms. The zero-order valence-electron chi connectivity index (χ0n) is 19.6. The van der Waals surface area contributed by atoms with Gasteiger partial charge >= 0.3 is 6.09 Å². The summed E-state index contributed by atoms with van der Waals surface area (Å²) in [6.45, 7) is 11.2. The van der Waals surface area contributed by atoms with Crippen LogP contribution in [0.2, 0.25) is 5.15 Å². The van der Waals surface area contributed by atoms with E-state index >= 15 is 0 Å². The fourth-order valence-corrected chi connectivity index (χ4v) is 3.85. The molecule has 1 aliphatic rings. The minimum atomic E-state index is -0.594. The van der Waals surface area contributed by atoms with Crippen LogP contribution in [-0.4, -0.2) is 33.7 Å². The first-order valence-corrected chi connectivity index (χ1v) is 11.2. The summed E-state index contributed by atoms with van der Waals surface area (Å²) in [5, 5.41) is 3.43. The molecule has 0 fully saturated rings. The molecule has 2 aromatic rings. The van der Waals surface area contributed by atoms with Crippen molar-refractivity contribution in [2.24, 2.45) is 13.0 Å². The number of carbonyl (C=O) groups excluding carboxylic acids is 2. The van der Waals surface area contributed by atoms with Gasteiger partial charge in [-0.2, -0.15) is 0 Å². The highest BCUT2D eigenvalue weighted by Gasteiger charge is 2.35. The van der Waals surface area contributed by atoms with Crippen LogP contribution in [0.3, 0.4) is 0 Å². The molecule has 174 valence electrons. The van der Waals surface area contributed by atoms with Gasteiger partial charge in [0.05, 0.1) is 19.7 Å². The number of carbonyl (C=O) groups is 2. The molecule has 1 aromatic carbocycles. The van der Waals surface area contributed by atoms with Crippen LogP contribution in [0.1, 0.15) is 61.8 Å². The van der Waals surface area contributed by atoms with Gasteiger partial charge in [-0.15, -0.1) is 0 Å². The average molecular weight is 462 g/mol. The molecule has 0 saturated carbocycles. The van der Waals surface area contributed by atoms with Crippen LogP contribution < -0.4 is 10.1 Å². The van der Waals surface area contributed by atoms with Gasteiger partial charge in [0.1, 0.15) is 22.2 Å². The lowest BCUT2D eigenvalue weighted by Gasteiger charge is -2.24. The van der Waals surface area contributed by atoms with Gasteiger partial charge in [0.2, 0.25) is 0 Å². The maximum Gasteiger partial charge on any atom is 0.410 e. The fraction of sp³-hybridized carbons (Fsp3) is 0.500. The third-order valence-corrected chi connectivity index (χ3v) is 5.56. The Hall–Kier alpha value is -2.67. The molecule has 8 heteroatoms. The summed E-state index contributed by atoms with van der Waals surface area (Å²) in [5.41, 5.74) is 2.30. The minimum Gasteiger partial charge on any atom is -0.493 e. The van der Waals surface area contributed by atoms with E-state index in [0.717, 1.165) is 22.4 Å². The highest BCUT2D eigenvalue weighted by atomic mass is 35.5. The maximum atomic E-state index is 13.1. The van der Waals surface area contributed by atoms with E-state index in [1.165, 1.54) is 0 Å². The number of halogens is 1. The summed E-state index contributed by atoms with van der Waals surface area (Å²) in [6, 6.07) is 7.66. The predicted molar refractivity (Wildman–Crippen MR) is 124 cm³/mol. The van der Waals surface area contributed by atoms with Crippen molar-refractivity contribution in [1.82, 2.24) is 14.8 Å². The number of benzene rings is 1. The number of nitrogens with zero attached hydrogens (tertiary/aromatic N) is 2. The number of rotatable bonds is 6. The molecule has 0 bridgehead atoms. The Morgan fingerprint density at radius 1 is 1.16 bits per heavy atom. The fourth-order valence-electron chi connectivity index (χ4n) is 3.59. The molecular formula is C24H32ClN3O4. The number of amides is 2. The van der Waals surface area contributed by atoms with Crippen LogP contribution in [0.25, 0.3) is 0 Å². The first kappa shape index (κ1) is 24.0. The molecule has 2 amide bonds. The summed E-state index contributed by atoms with van der Waals surface area (Å²) in [6.07, 6.45) is -0.421. The molecule has 3 rings (SSSR count). The van der Waals surface area contributed by atoms with Crippen molar-refractivity contribution in [2.45, 2.75) is 59.9 Å². The van der Waals surface area contributed by atoms with Crippen molar-refractivity contribution in [3.63, 3.8) is 0 Å². The molecule has 0 unspecified atom stereocenters. The molecule has 0 spiro atoms. The largest absolute Gasteiger partial charge is 0.493 e. The second-order valence-corrected chi connectivity index (χ2v) is 9.85. The first-order chi connectivity index (χ1) is 15.0. The van der Waals surface area contributed by atoms with E-state index in [1.54, 1.807) is 16.5 Å². The molecule has 0 atom stereocenters. The lowest BCUT2D eigenvalue weighted by molar-refractivity contribution is 0.0240. The van der Waals surface area contributed by atoms with Crippen molar-refractivity contribution in [3.8, 4) is 5.75 Å². The Balaban J connectivity index is 1.74. The standard InChI is InChI=1S/C24H32ClN3O4/c1-15(2)14-31-19-10-8-7-9-16(19)11-26-22(29)20-17-12-28(23(30)32-24(3,4)5)13-18(17)21(25)27(20)6/h7-10,15H,11-14H2,1-6H3,(H,26,29). The van der Waals surface area contributed by atoms with Gasteiger partial charge < -0.3 is 19.4 Å². The van der Waals surface area contributed by atoms with Crippen LogP contribution in [-0.2, 0) is 31.4 Å². The molecule has 1 aliphatic heterocycles. The summed E-state index contributed by atoms with van der Waals surface area (Å²) >= 11 is 6.50. The quantitative estimate of drug-likeness (QED) is 0.664. The summed E-state index contributed by atoms with van der Waals surface area (Å²) < 4.78 is 13.0. The molecule has 2 heterocycles. The van der Waals surface area contributed by atoms with Crippen LogP contribution in [0.4, 0.5) is 4.79 Å². The average Bonchev–Trinajstić information content (AvgIpc) is 3.23. The molecule has 7 nitrogen and oxygen atoms in total. The first-order valence-electron chi connectivity index (χ1n) is 10.8. The van der Waals surface area contributed by atoms with Crippen LogP contribution in [0.5, 0.6) is 5.75 Å². The van der Waals surface area contributed by atoms with Gasteiger partial charge in [0, 0.05) is 30.3 Å². The molecule has 0 saturated heterocycles. The minimum absolute atomic E-state index is 0.250. The molecule has 1 N–H and O–H groups in total. The SMILES string of the molecule is CC(C)COc1ccccc1CNC(=O)c1c2c(c(Cl)n1C)CN(C(=O)OC(C)(C)C)C2. The van der Waals surface area contributed by atoms with Gasteiger partial charge in [0.25, 0.3) is 5.91 Å². The monoisotopic (exact) mass is 461 g/mol. The Morgan fingerprint density at radius 2 is 1.81 bits per heavy atom. The van der Waals surface area contributed by atoms with Crippen molar-refractivity contribution in [1.29, 1.82) is 0 Å². The van der Waals surface area contributed by atoms with Crippen molar-refractivity contribution in [2.75, 3.05) is 6.61 Å². The van der Waals surface area contributed by atoms with Crippen LogP contribution >= 0.6 is 11.6 Å². The highest BCUT2D eigenvalue weighted by Crippen LogP contribution is 2.35. The van der Waals surface area contributed by atoms with Crippen LogP contribution in [0.15, 0.2) is 24.3 Å². The smallest absolute Gasteiger partial charge is 0.410 e. The van der Waals surface area contributed by atoms with Gasteiger partial charge in [-0.05, 0) is 32.8 Å². The van der Waals surface area contributed by atoms with E-state index in [9.17, 15) is 9.59 Å². The van der Waals surface area contributed by atoms with Gasteiger partial charge in [-0.25, -0.2) is 4.79 Å². The Kier molecular flexibility index (Phi) is 7.08. The number of hydrogen-bond donors (Lipinski definition) is 1. The molecular weight excluding hydrogens is 430 g/mol. The van der Waals surface area contributed by atoms with E-state index in [-0.39, 0.29) is 12.5 Å². The number of aromatic nitrogens is 1. The van der Waals surface area contributed by atoms with Crippen LogP contribution in [0, 0.1) is 5.92 Å². The predicted octanol–water partition coefficient (Wildman–Crippen LogP) is 4.89. The zero-order chi connectivity index (χ0) is 23.6. The number of fused-ring (bicyclic) bond motifs is 1. The third-order valence-electron chi connectivity index (χ3n) is 5.08. The van der Waals surface area contributed by atoms with Crippen molar-refractivity contribution in [3.05, 3.63) is 51.8 Å². The van der Waals surface area contributed by atoms with Gasteiger partial charge in [-0.3, -0.25) is 9.69 Å². The van der Waals surface area contributed by atoms with E-state index in [1.807, 2.05) is 45.0 Å². The molecule has 0 radical (unpaired) electrons. The van der Waals surface area contributed by atoms with Crippen molar-refractivity contribution >= 4 is 23.6 Å². The Labute approximate surface area is 194 Å². The number of para-hydroxylation sites is 1. The Morgan fingerprint density at radius 3 is 2.47 bits per heavy atom. The number of nitrogens with one attached hydrogen (secondary N) is 1. The normalized spacial score (nSPS) is 13.3. The summed E-state index contributed by atoms with van der Waals surface area (Å²) in [4.78, 5) is 27.2. The second-order valence-electron chi connectivity index (χ2n) is 9.49. The van der Waals surface area contributed by atoms with Gasteiger partial charge in [0.15, 0.2) is 0 Å². The molecule has 0 aliphatic carbocycles. The lowest BCUT2D eigenvalue weighted by Crippen LogP contribution is -2.34. The second kappa shape index (κ2) is 9.45. The summed E-state index contributed by atoms with van der Waals surface area (Å²) in [7, 11) is 1.76. The number of ether oxygens (including phenoxy) is 2. The van der Waals surface area contributed by atoms with E-state index in [0.29, 0.717) is 36.5 Å². The topological polar surface area (TPSA) is 72.8 Å².